The van der Waals surface area contributed by atoms with Crippen LogP contribution in [0.25, 0.3) is 11.5 Å². The van der Waals surface area contributed by atoms with E-state index < -0.39 is 0 Å². The molecule has 3 nitrogen and oxygen atoms in total. The molecule has 2 aromatic rings. The van der Waals surface area contributed by atoms with Gasteiger partial charge in [0.25, 0.3) is 0 Å². The first-order valence-electron chi connectivity index (χ1n) is 4.50. The van der Waals surface area contributed by atoms with Crippen LogP contribution in [0.15, 0.2) is 21.2 Å². The highest BCUT2D eigenvalue weighted by atomic mass is 127. The summed E-state index contributed by atoms with van der Waals surface area (Å²) in [6.07, 6.45) is 1.70. The van der Waals surface area contributed by atoms with E-state index in [2.05, 4.69) is 69.4 Å². The van der Waals surface area contributed by atoms with Crippen LogP contribution in [0.3, 0.4) is 0 Å². The van der Waals surface area contributed by atoms with Gasteiger partial charge in [-0.15, -0.1) is 0 Å². The van der Waals surface area contributed by atoms with Crippen molar-refractivity contribution in [2.24, 2.45) is 0 Å². The van der Waals surface area contributed by atoms with E-state index in [0.29, 0.717) is 16.7 Å². The van der Waals surface area contributed by atoms with Crippen molar-refractivity contribution in [1.29, 1.82) is 0 Å². The van der Waals surface area contributed by atoms with Gasteiger partial charge in [-0.1, -0.05) is 11.6 Å². The monoisotopic (exact) mass is 487 g/mol. The van der Waals surface area contributed by atoms with Gasteiger partial charge in [0.15, 0.2) is 5.82 Å². The van der Waals surface area contributed by atoms with Crippen molar-refractivity contribution in [3.05, 3.63) is 35.6 Å². The van der Waals surface area contributed by atoms with Crippen LogP contribution in [-0.4, -0.2) is 15.0 Å². The summed E-state index contributed by atoms with van der Waals surface area (Å²) in [5.41, 5.74) is 1.52. The molecule has 0 unspecified atom stereocenters. The number of aryl methyl sites for hydroxylation is 1. The van der Waals surface area contributed by atoms with Crippen LogP contribution in [0.5, 0.6) is 0 Å². The number of hydrogen-bond acceptors (Lipinski definition) is 3. The van der Waals surface area contributed by atoms with Gasteiger partial charge in [-0.2, -0.15) is 0 Å². The van der Waals surface area contributed by atoms with Gasteiger partial charge < -0.3 is 0 Å². The second-order valence-electron chi connectivity index (χ2n) is 3.22. The fourth-order valence-corrected chi connectivity index (χ4v) is 2.83. The molecule has 0 bridgehead atoms. The molecule has 7 heteroatoms. The van der Waals surface area contributed by atoms with Gasteiger partial charge in [-0.05, 0) is 67.4 Å². The predicted octanol–water partition coefficient (Wildman–Crippen LogP) is 4.63. The standard InChI is InChI=1S/C10H5Br2ClIN3/c1-4-7(14)9(13)17-10(16-4)8-6(12)2-5(11)3-15-8/h2-3H,1H3. The Hall–Kier alpha value is 0.210. The van der Waals surface area contributed by atoms with Crippen molar-refractivity contribution >= 4 is 66.1 Å². The summed E-state index contributed by atoms with van der Waals surface area (Å²) in [5.74, 6) is 0.521. The van der Waals surface area contributed by atoms with Crippen LogP contribution in [0.1, 0.15) is 5.69 Å². The number of hydrogen-bond donors (Lipinski definition) is 0. The minimum atomic E-state index is 0.449. The summed E-state index contributed by atoms with van der Waals surface area (Å²) >= 11 is 14.9. The molecule has 0 amide bonds. The van der Waals surface area contributed by atoms with E-state index in [4.69, 9.17) is 11.6 Å². The summed E-state index contributed by atoms with van der Waals surface area (Å²) < 4.78 is 2.58. The fraction of sp³-hybridized carbons (Fsp3) is 0.100. The molecule has 0 radical (unpaired) electrons. The molecule has 0 atom stereocenters. The summed E-state index contributed by atoms with van der Waals surface area (Å²) in [6, 6.07) is 1.90. The van der Waals surface area contributed by atoms with E-state index >= 15 is 0 Å². The largest absolute Gasteiger partial charge is 0.251 e. The molecule has 0 aliphatic rings. The van der Waals surface area contributed by atoms with Crippen LogP contribution in [0.4, 0.5) is 0 Å². The van der Waals surface area contributed by atoms with Crippen LogP contribution >= 0.6 is 66.1 Å². The maximum absolute atomic E-state index is 6.04. The molecule has 2 rings (SSSR count). The van der Waals surface area contributed by atoms with Crippen molar-refractivity contribution in [3.63, 3.8) is 0 Å². The molecule has 0 spiro atoms. The summed E-state index contributed by atoms with van der Waals surface area (Å²) in [5, 5.41) is 0.449. The van der Waals surface area contributed by atoms with Crippen molar-refractivity contribution in [1.82, 2.24) is 15.0 Å². The van der Waals surface area contributed by atoms with Gasteiger partial charge in [0.1, 0.15) is 10.8 Å². The second-order valence-corrected chi connectivity index (χ2v) is 6.43. The molecule has 0 aromatic carbocycles. The lowest BCUT2D eigenvalue weighted by Crippen LogP contribution is -1.98. The third-order valence-corrected chi connectivity index (χ3v) is 4.92. The molecule has 0 aliphatic carbocycles. The van der Waals surface area contributed by atoms with Crippen LogP contribution in [0, 0.1) is 10.5 Å². The lowest BCUT2D eigenvalue weighted by Gasteiger charge is -2.06. The van der Waals surface area contributed by atoms with E-state index in [-0.39, 0.29) is 0 Å². The van der Waals surface area contributed by atoms with E-state index in [9.17, 15) is 0 Å². The topological polar surface area (TPSA) is 38.7 Å². The average Bonchev–Trinajstić information content (AvgIpc) is 2.25. The number of pyridine rings is 1. The van der Waals surface area contributed by atoms with E-state index in [0.717, 1.165) is 18.2 Å². The third kappa shape index (κ3) is 2.97. The predicted molar refractivity (Wildman–Crippen MR) is 83.1 cm³/mol. The smallest absolute Gasteiger partial charge is 0.181 e. The maximum Gasteiger partial charge on any atom is 0.181 e. The number of nitrogens with zero attached hydrogens (tertiary/aromatic N) is 3. The zero-order chi connectivity index (χ0) is 12.6. The fourth-order valence-electron chi connectivity index (χ4n) is 1.21. The average molecular weight is 489 g/mol. The molecule has 0 N–H and O–H groups in total. The van der Waals surface area contributed by atoms with E-state index in [1.807, 2.05) is 13.0 Å². The number of halogens is 4. The molecule has 2 aromatic heterocycles. The van der Waals surface area contributed by atoms with Crippen molar-refractivity contribution in [2.75, 3.05) is 0 Å². The first-order chi connectivity index (χ1) is 7.99. The highest BCUT2D eigenvalue weighted by molar-refractivity contribution is 14.1. The van der Waals surface area contributed by atoms with Gasteiger partial charge in [0, 0.05) is 15.1 Å². The van der Waals surface area contributed by atoms with Gasteiger partial charge >= 0.3 is 0 Å². The molecule has 0 aliphatic heterocycles. The Bertz CT molecular complexity index is 569. The molecule has 0 fully saturated rings. The van der Waals surface area contributed by atoms with Crippen molar-refractivity contribution in [2.45, 2.75) is 6.92 Å². The SMILES string of the molecule is Cc1nc(-c2ncc(Br)cc2Br)nc(Cl)c1I. The van der Waals surface area contributed by atoms with E-state index in [1.54, 1.807) is 6.20 Å². The van der Waals surface area contributed by atoms with Crippen molar-refractivity contribution < 1.29 is 0 Å². The first kappa shape index (κ1) is 13.6. The zero-order valence-electron chi connectivity index (χ0n) is 8.51. The van der Waals surface area contributed by atoms with Gasteiger partial charge in [-0.3, -0.25) is 4.98 Å². The molecule has 0 saturated carbocycles. The summed E-state index contributed by atoms with van der Waals surface area (Å²) in [6.45, 7) is 1.89. The van der Waals surface area contributed by atoms with Crippen LogP contribution in [-0.2, 0) is 0 Å². The Morgan fingerprint density at radius 3 is 2.59 bits per heavy atom. The Kier molecular flexibility index (Phi) is 4.38. The minimum Gasteiger partial charge on any atom is -0.251 e. The Morgan fingerprint density at radius 1 is 1.29 bits per heavy atom. The molecular formula is C10H5Br2ClIN3. The van der Waals surface area contributed by atoms with Crippen molar-refractivity contribution in [3.8, 4) is 11.5 Å². The number of aromatic nitrogens is 3. The summed E-state index contributed by atoms with van der Waals surface area (Å²) in [7, 11) is 0. The lowest BCUT2D eigenvalue weighted by molar-refractivity contribution is 1.07. The molecular weight excluding hydrogens is 484 g/mol. The second kappa shape index (κ2) is 5.46. The first-order valence-corrected chi connectivity index (χ1v) is 7.54. The lowest BCUT2D eigenvalue weighted by atomic mass is 10.3. The molecule has 17 heavy (non-hydrogen) atoms. The highest BCUT2D eigenvalue weighted by Gasteiger charge is 2.13. The maximum atomic E-state index is 6.04. The number of rotatable bonds is 1. The highest BCUT2D eigenvalue weighted by Crippen LogP contribution is 2.28. The zero-order valence-corrected chi connectivity index (χ0v) is 14.6. The summed E-state index contributed by atoms with van der Waals surface area (Å²) in [4.78, 5) is 12.9. The normalized spacial score (nSPS) is 10.6. The molecule has 0 saturated heterocycles. The Labute approximate surface area is 134 Å². The Morgan fingerprint density at radius 2 is 2.00 bits per heavy atom. The van der Waals surface area contributed by atoms with Gasteiger partial charge in [0.2, 0.25) is 0 Å². The molecule has 2 heterocycles. The quantitative estimate of drug-likeness (QED) is 0.433. The van der Waals surface area contributed by atoms with Gasteiger partial charge in [0.05, 0.1) is 9.26 Å². The minimum absolute atomic E-state index is 0.449. The molecule has 88 valence electrons. The van der Waals surface area contributed by atoms with Crippen LogP contribution < -0.4 is 0 Å². The van der Waals surface area contributed by atoms with Crippen LogP contribution in [0.2, 0.25) is 5.15 Å². The Balaban J connectivity index is 2.61. The van der Waals surface area contributed by atoms with Gasteiger partial charge in [-0.25, -0.2) is 9.97 Å². The third-order valence-electron chi connectivity index (χ3n) is 2.00. The van der Waals surface area contributed by atoms with E-state index in [1.165, 1.54) is 0 Å².